The average Bonchev–Trinajstić information content (AvgIpc) is 2.91. The summed E-state index contributed by atoms with van der Waals surface area (Å²) in [5.74, 6) is -0.0425. The maximum Gasteiger partial charge on any atom is 0.225 e. The smallest absolute Gasteiger partial charge is 0.225 e. The first-order chi connectivity index (χ1) is 9.67. The minimum absolute atomic E-state index is 0.0425. The summed E-state index contributed by atoms with van der Waals surface area (Å²) >= 11 is 0. The molecule has 1 amide bonds. The zero-order valence-electron chi connectivity index (χ0n) is 11.6. The molecule has 106 valence electrons. The maximum atomic E-state index is 11.8. The summed E-state index contributed by atoms with van der Waals surface area (Å²) in [4.78, 5) is 15.8. The molecule has 5 nitrogen and oxygen atoms in total. The van der Waals surface area contributed by atoms with Crippen molar-refractivity contribution in [2.45, 2.75) is 32.4 Å². The number of nitrogens with one attached hydrogen (secondary N) is 1. The molecule has 0 aliphatic carbocycles. The highest BCUT2D eigenvalue weighted by Crippen LogP contribution is 2.12. The fourth-order valence-corrected chi connectivity index (χ4v) is 1.93. The van der Waals surface area contributed by atoms with Gasteiger partial charge in [0.1, 0.15) is 0 Å². The summed E-state index contributed by atoms with van der Waals surface area (Å²) in [5, 5.41) is 2.88. The number of nitrogens with two attached hydrogens (primary N) is 1. The first kappa shape index (κ1) is 14.3. The molecule has 1 heterocycles. The Morgan fingerprint density at radius 2 is 2.35 bits per heavy atom. The van der Waals surface area contributed by atoms with Crippen LogP contribution >= 0.6 is 0 Å². The van der Waals surface area contributed by atoms with Gasteiger partial charge in [-0.05, 0) is 24.1 Å². The first-order valence-corrected chi connectivity index (χ1v) is 6.77. The second-order valence-corrected chi connectivity index (χ2v) is 4.86. The highest BCUT2D eigenvalue weighted by Gasteiger charge is 2.08. The largest absolute Gasteiger partial charge is 0.333 e. The Hall–Kier alpha value is -2.14. The molecule has 1 aromatic heterocycles. The molecule has 1 unspecified atom stereocenters. The van der Waals surface area contributed by atoms with Gasteiger partial charge in [0.25, 0.3) is 0 Å². The average molecular weight is 272 g/mol. The molecular formula is C15H20N4O. The van der Waals surface area contributed by atoms with E-state index >= 15 is 0 Å². The fourth-order valence-electron chi connectivity index (χ4n) is 1.93. The molecule has 3 N–H and O–H groups in total. The van der Waals surface area contributed by atoms with Gasteiger partial charge >= 0.3 is 0 Å². The van der Waals surface area contributed by atoms with Crippen LogP contribution < -0.4 is 11.1 Å². The van der Waals surface area contributed by atoms with Crippen molar-refractivity contribution < 1.29 is 4.79 Å². The third kappa shape index (κ3) is 4.20. The molecule has 0 fully saturated rings. The molecule has 2 rings (SSSR count). The van der Waals surface area contributed by atoms with Crippen molar-refractivity contribution in [3.05, 3.63) is 48.5 Å². The molecule has 0 aliphatic rings. The lowest BCUT2D eigenvalue weighted by Gasteiger charge is -2.10. The maximum absolute atomic E-state index is 11.8. The number of carbonyl (C=O) groups is 1. The van der Waals surface area contributed by atoms with Gasteiger partial charge in [0, 0.05) is 37.1 Å². The third-order valence-corrected chi connectivity index (χ3v) is 3.11. The van der Waals surface area contributed by atoms with Crippen LogP contribution in [0.25, 0.3) is 0 Å². The molecule has 20 heavy (non-hydrogen) atoms. The van der Waals surface area contributed by atoms with Crippen LogP contribution in [0.5, 0.6) is 0 Å². The van der Waals surface area contributed by atoms with Crippen molar-refractivity contribution in [2.24, 2.45) is 5.73 Å². The van der Waals surface area contributed by atoms with Crippen LogP contribution in [-0.2, 0) is 11.3 Å². The molecule has 0 bridgehead atoms. The number of hydrogen-bond acceptors (Lipinski definition) is 3. The number of hydrogen-bond donors (Lipinski definition) is 2. The van der Waals surface area contributed by atoms with E-state index in [1.54, 1.807) is 12.5 Å². The van der Waals surface area contributed by atoms with Gasteiger partial charge in [-0.25, -0.2) is 4.98 Å². The molecule has 1 aromatic carbocycles. The Balaban J connectivity index is 1.97. The topological polar surface area (TPSA) is 72.9 Å². The Morgan fingerprint density at radius 1 is 1.50 bits per heavy atom. The first-order valence-electron chi connectivity index (χ1n) is 6.77. The number of aromatic nitrogens is 2. The van der Waals surface area contributed by atoms with E-state index in [4.69, 9.17) is 5.73 Å². The van der Waals surface area contributed by atoms with Gasteiger partial charge in [-0.3, -0.25) is 4.79 Å². The summed E-state index contributed by atoms with van der Waals surface area (Å²) in [6.45, 7) is 2.71. The normalized spacial score (nSPS) is 12.1. The third-order valence-electron chi connectivity index (χ3n) is 3.11. The summed E-state index contributed by atoms with van der Waals surface area (Å²) in [6, 6.07) is 7.72. The van der Waals surface area contributed by atoms with Crippen LogP contribution in [0, 0.1) is 0 Å². The quantitative estimate of drug-likeness (QED) is 0.844. The molecule has 0 aliphatic heterocycles. The fraction of sp³-hybridized carbons (Fsp3) is 0.333. The van der Waals surface area contributed by atoms with E-state index in [1.807, 2.05) is 42.0 Å². The van der Waals surface area contributed by atoms with Gasteiger partial charge in [-0.15, -0.1) is 0 Å². The lowest BCUT2D eigenvalue weighted by atomic mass is 10.1. The van der Waals surface area contributed by atoms with Crippen LogP contribution in [0.4, 0.5) is 5.69 Å². The second-order valence-electron chi connectivity index (χ2n) is 4.86. The highest BCUT2D eigenvalue weighted by atomic mass is 16.1. The predicted molar refractivity (Wildman–Crippen MR) is 79.3 cm³/mol. The summed E-state index contributed by atoms with van der Waals surface area (Å²) in [7, 11) is 0. The van der Waals surface area contributed by atoms with E-state index in [-0.39, 0.29) is 11.9 Å². The Morgan fingerprint density at radius 3 is 3.05 bits per heavy atom. The Labute approximate surface area is 118 Å². The molecular weight excluding hydrogens is 252 g/mol. The van der Waals surface area contributed by atoms with E-state index in [2.05, 4.69) is 10.3 Å². The number of anilines is 1. The lowest BCUT2D eigenvalue weighted by molar-refractivity contribution is -0.116. The van der Waals surface area contributed by atoms with Crippen molar-refractivity contribution in [2.75, 3.05) is 5.32 Å². The number of rotatable bonds is 6. The molecule has 0 spiro atoms. The Kier molecular flexibility index (Phi) is 4.90. The number of benzene rings is 1. The van der Waals surface area contributed by atoms with E-state index in [1.165, 1.54) is 0 Å². The predicted octanol–water partition coefficient (Wildman–Crippen LogP) is 2.00. The summed E-state index contributed by atoms with van der Waals surface area (Å²) in [5.41, 5.74) is 7.69. The number of nitrogens with zero attached hydrogens (tertiary/aromatic N) is 2. The lowest BCUT2D eigenvalue weighted by Crippen LogP contribution is -2.26. The molecule has 5 heteroatoms. The molecule has 0 radical (unpaired) electrons. The molecule has 2 aromatic rings. The van der Waals surface area contributed by atoms with Crippen molar-refractivity contribution in [1.82, 2.24) is 9.55 Å². The van der Waals surface area contributed by atoms with E-state index in [0.717, 1.165) is 24.2 Å². The zero-order valence-corrected chi connectivity index (χ0v) is 11.6. The van der Waals surface area contributed by atoms with Crippen molar-refractivity contribution in [1.29, 1.82) is 0 Å². The molecule has 0 saturated carbocycles. The van der Waals surface area contributed by atoms with Crippen LogP contribution in [0.1, 0.15) is 25.3 Å². The van der Waals surface area contributed by atoms with Gasteiger partial charge in [0.15, 0.2) is 0 Å². The monoisotopic (exact) mass is 272 g/mol. The standard InChI is InChI=1S/C15H20N4O/c1-2-13(16)9-15(20)18-14-5-3-4-12(8-14)10-19-7-6-17-11-19/h3-8,11,13H,2,9-10,16H2,1H3,(H,18,20). The summed E-state index contributed by atoms with van der Waals surface area (Å²) in [6.07, 6.45) is 6.57. The van der Waals surface area contributed by atoms with E-state index < -0.39 is 0 Å². The zero-order chi connectivity index (χ0) is 14.4. The van der Waals surface area contributed by atoms with E-state index in [0.29, 0.717) is 6.42 Å². The van der Waals surface area contributed by atoms with Gasteiger partial charge in [-0.2, -0.15) is 0 Å². The SMILES string of the molecule is CCC(N)CC(=O)Nc1cccc(Cn2ccnc2)c1. The van der Waals surface area contributed by atoms with Gasteiger partial charge in [-0.1, -0.05) is 19.1 Å². The number of amides is 1. The van der Waals surface area contributed by atoms with Crippen molar-refractivity contribution in [3.63, 3.8) is 0 Å². The number of carbonyl (C=O) groups excluding carboxylic acids is 1. The van der Waals surface area contributed by atoms with Gasteiger partial charge in [0.05, 0.1) is 6.33 Å². The second kappa shape index (κ2) is 6.86. The van der Waals surface area contributed by atoms with Crippen LogP contribution in [0.15, 0.2) is 43.0 Å². The van der Waals surface area contributed by atoms with Crippen LogP contribution in [0.3, 0.4) is 0 Å². The molecule has 1 atom stereocenters. The van der Waals surface area contributed by atoms with Gasteiger partial charge in [0.2, 0.25) is 5.91 Å². The van der Waals surface area contributed by atoms with Crippen molar-refractivity contribution >= 4 is 11.6 Å². The minimum Gasteiger partial charge on any atom is -0.333 e. The minimum atomic E-state index is -0.0795. The number of imidazole rings is 1. The van der Waals surface area contributed by atoms with Crippen LogP contribution in [-0.4, -0.2) is 21.5 Å². The van der Waals surface area contributed by atoms with Crippen LogP contribution in [0.2, 0.25) is 0 Å². The highest BCUT2D eigenvalue weighted by molar-refractivity contribution is 5.91. The van der Waals surface area contributed by atoms with E-state index in [9.17, 15) is 4.79 Å². The summed E-state index contributed by atoms with van der Waals surface area (Å²) < 4.78 is 1.98. The molecule has 0 saturated heterocycles. The van der Waals surface area contributed by atoms with Gasteiger partial charge < -0.3 is 15.6 Å². The Bertz CT molecular complexity index is 551. The van der Waals surface area contributed by atoms with Crippen molar-refractivity contribution in [3.8, 4) is 0 Å².